The molecule has 0 spiro atoms. The molecule has 2 aromatic rings. The first-order valence-electron chi connectivity index (χ1n) is 4.02. The summed E-state index contributed by atoms with van der Waals surface area (Å²) in [5.74, 6) is 0.774. The Morgan fingerprint density at radius 1 is 1.57 bits per heavy atom. The molecule has 0 radical (unpaired) electrons. The number of rotatable bonds is 2. The van der Waals surface area contributed by atoms with E-state index in [-0.39, 0.29) is 0 Å². The normalized spacial score (nSPS) is 10.8. The summed E-state index contributed by atoms with van der Waals surface area (Å²) < 4.78 is 1.12. The molecule has 2 aromatic heterocycles. The smallest absolute Gasteiger partial charge is 0.133 e. The summed E-state index contributed by atoms with van der Waals surface area (Å²) in [5.41, 5.74) is 1.10. The summed E-state index contributed by atoms with van der Waals surface area (Å²) in [5, 5.41) is 3.18. The number of aromatic nitrogens is 1. The van der Waals surface area contributed by atoms with Crippen molar-refractivity contribution in [3.8, 4) is 9.88 Å². The number of aryl methyl sites for hydroxylation is 1. The molecule has 0 saturated heterocycles. The number of halogens is 1. The maximum atomic E-state index is 4.52. The number of nitrogens with zero attached hydrogens (tertiary/aromatic N) is 1. The van der Waals surface area contributed by atoms with Crippen LogP contribution in [0.5, 0.6) is 0 Å². The van der Waals surface area contributed by atoms with Gasteiger partial charge in [0.1, 0.15) is 5.01 Å². The molecule has 0 aliphatic heterocycles. The zero-order valence-corrected chi connectivity index (χ0v) is 11.6. The highest BCUT2D eigenvalue weighted by Gasteiger charge is 2.09. The molecule has 14 heavy (non-hydrogen) atoms. The van der Waals surface area contributed by atoms with Gasteiger partial charge in [0.2, 0.25) is 0 Å². The lowest BCUT2D eigenvalue weighted by atomic mass is 10.4. The molecule has 0 amide bonds. The molecule has 0 aromatic carbocycles. The Hall–Kier alpha value is 0.160. The van der Waals surface area contributed by atoms with Gasteiger partial charge in [0.25, 0.3) is 0 Å². The molecule has 0 aliphatic rings. The summed E-state index contributed by atoms with van der Waals surface area (Å²) in [6.45, 7) is 2.04. The van der Waals surface area contributed by atoms with Crippen LogP contribution >= 0.6 is 51.2 Å². The summed E-state index contributed by atoms with van der Waals surface area (Å²) >= 11 is 11.2. The number of hydrogen-bond donors (Lipinski definition) is 1. The summed E-state index contributed by atoms with van der Waals surface area (Å²) in [7, 11) is 0. The fraction of sp³-hybridized carbons (Fsp3) is 0.222. The van der Waals surface area contributed by atoms with Gasteiger partial charge < -0.3 is 0 Å². The lowest BCUT2D eigenvalue weighted by molar-refractivity contribution is 1.23. The molecule has 2 rings (SSSR count). The van der Waals surface area contributed by atoms with E-state index >= 15 is 0 Å². The maximum Gasteiger partial charge on any atom is 0.133 e. The quantitative estimate of drug-likeness (QED) is 0.813. The fourth-order valence-electron chi connectivity index (χ4n) is 1.11. The van der Waals surface area contributed by atoms with Crippen LogP contribution in [-0.2, 0) is 5.75 Å². The number of thiol groups is 1. The van der Waals surface area contributed by atoms with Gasteiger partial charge >= 0.3 is 0 Å². The molecule has 0 N–H and O–H groups in total. The van der Waals surface area contributed by atoms with E-state index in [4.69, 9.17) is 0 Å². The van der Waals surface area contributed by atoms with Crippen LogP contribution in [0.2, 0.25) is 0 Å². The second-order valence-electron chi connectivity index (χ2n) is 2.81. The van der Waals surface area contributed by atoms with Crippen molar-refractivity contribution in [1.29, 1.82) is 0 Å². The van der Waals surface area contributed by atoms with E-state index < -0.39 is 0 Å². The first kappa shape index (κ1) is 10.7. The van der Waals surface area contributed by atoms with Crippen molar-refractivity contribution in [3.05, 3.63) is 26.5 Å². The summed E-state index contributed by atoms with van der Waals surface area (Å²) in [6, 6.07) is 2.10. The van der Waals surface area contributed by atoms with Crippen molar-refractivity contribution in [2.45, 2.75) is 12.7 Å². The molecule has 0 saturated carbocycles. The summed E-state index contributed by atoms with van der Waals surface area (Å²) in [6.07, 6.45) is 0. The molecule has 0 aliphatic carbocycles. The van der Waals surface area contributed by atoms with E-state index in [9.17, 15) is 0 Å². The minimum Gasteiger partial charge on any atom is -0.240 e. The molecule has 0 atom stereocenters. The Balaban J connectivity index is 2.42. The standard InChI is InChI=1S/C9H8BrNS3/c1-5-8(3-12)14-9(11-5)7-2-6(10)4-13-7/h2,4,12H,3H2,1H3. The topological polar surface area (TPSA) is 12.9 Å². The van der Waals surface area contributed by atoms with E-state index in [1.165, 1.54) is 9.75 Å². The Kier molecular flexibility index (Phi) is 3.31. The van der Waals surface area contributed by atoms with Gasteiger partial charge in [-0.25, -0.2) is 4.98 Å². The minimum absolute atomic E-state index is 0.774. The van der Waals surface area contributed by atoms with Gasteiger partial charge in [-0.05, 0) is 28.9 Å². The third-order valence-corrected chi connectivity index (χ3v) is 5.36. The van der Waals surface area contributed by atoms with Crippen molar-refractivity contribution in [2.75, 3.05) is 0 Å². The van der Waals surface area contributed by atoms with Gasteiger partial charge in [-0.3, -0.25) is 0 Å². The van der Waals surface area contributed by atoms with Crippen molar-refractivity contribution in [3.63, 3.8) is 0 Å². The Bertz CT molecular complexity index is 447. The van der Waals surface area contributed by atoms with E-state index in [1.54, 1.807) is 22.7 Å². The van der Waals surface area contributed by atoms with Crippen LogP contribution in [0.1, 0.15) is 10.6 Å². The number of thiazole rings is 1. The predicted octanol–water partition coefficient (Wildman–Crippen LogP) is 4.37. The van der Waals surface area contributed by atoms with Crippen LogP contribution in [0.25, 0.3) is 9.88 Å². The Morgan fingerprint density at radius 2 is 2.36 bits per heavy atom. The largest absolute Gasteiger partial charge is 0.240 e. The molecular formula is C9H8BrNS3. The highest BCUT2D eigenvalue weighted by atomic mass is 79.9. The van der Waals surface area contributed by atoms with Crippen molar-refractivity contribution in [1.82, 2.24) is 4.98 Å². The van der Waals surface area contributed by atoms with Crippen LogP contribution < -0.4 is 0 Å². The molecule has 74 valence electrons. The van der Waals surface area contributed by atoms with Gasteiger partial charge in [0.05, 0.1) is 10.6 Å². The first-order valence-corrected chi connectivity index (χ1v) is 7.14. The maximum absolute atomic E-state index is 4.52. The first-order chi connectivity index (χ1) is 6.70. The molecular weight excluding hydrogens is 298 g/mol. The van der Waals surface area contributed by atoms with Crippen LogP contribution in [-0.4, -0.2) is 4.98 Å². The predicted molar refractivity (Wildman–Crippen MR) is 70.6 cm³/mol. The zero-order valence-electron chi connectivity index (χ0n) is 7.45. The number of hydrogen-bond acceptors (Lipinski definition) is 4. The molecule has 0 unspecified atom stereocenters. The summed E-state index contributed by atoms with van der Waals surface area (Å²) in [4.78, 5) is 7.00. The third kappa shape index (κ3) is 2.05. The van der Waals surface area contributed by atoms with Crippen LogP contribution in [0.15, 0.2) is 15.9 Å². The van der Waals surface area contributed by atoms with Crippen molar-refractivity contribution in [2.24, 2.45) is 0 Å². The SMILES string of the molecule is Cc1nc(-c2cc(Br)cs2)sc1CS. The second-order valence-corrected chi connectivity index (χ2v) is 6.04. The van der Waals surface area contributed by atoms with Crippen LogP contribution in [0, 0.1) is 6.92 Å². The Morgan fingerprint density at radius 3 is 2.86 bits per heavy atom. The van der Waals surface area contributed by atoms with Crippen LogP contribution in [0.3, 0.4) is 0 Å². The highest BCUT2D eigenvalue weighted by Crippen LogP contribution is 2.34. The lowest BCUT2D eigenvalue weighted by Crippen LogP contribution is -1.76. The molecule has 1 nitrogen and oxygen atoms in total. The van der Waals surface area contributed by atoms with Gasteiger partial charge in [-0.2, -0.15) is 12.6 Å². The average Bonchev–Trinajstić information content (AvgIpc) is 2.71. The zero-order chi connectivity index (χ0) is 10.1. The molecule has 2 heterocycles. The Labute approximate surface area is 105 Å². The lowest BCUT2D eigenvalue weighted by Gasteiger charge is -1.85. The van der Waals surface area contributed by atoms with E-state index in [0.717, 1.165) is 20.9 Å². The second kappa shape index (κ2) is 4.35. The van der Waals surface area contributed by atoms with E-state index in [0.29, 0.717) is 0 Å². The van der Waals surface area contributed by atoms with E-state index in [2.05, 4.69) is 45.0 Å². The van der Waals surface area contributed by atoms with Gasteiger partial charge in [-0.1, -0.05) is 0 Å². The molecule has 5 heteroatoms. The van der Waals surface area contributed by atoms with Gasteiger partial charge in [0, 0.05) is 20.5 Å². The van der Waals surface area contributed by atoms with Gasteiger partial charge in [0.15, 0.2) is 0 Å². The van der Waals surface area contributed by atoms with Gasteiger partial charge in [-0.15, -0.1) is 22.7 Å². The van der Waals surface area contributed by atoms with Crippen LogP contribution in [0.4, 0.5) is 0 Å². The minimum atomic E-state index is 0.774. The number of thiophene rings is 1. The highest BCUT2D eigenvalue weighted by molar-refractivity contribution is 9.10. The molecule has 0 fully saturated rings. The van der Waals surface area contributed by atoms with E-state index in [1.807, 2.05) is 6.92 Å². The third-order valence-electron chi connectivity index (χ3n) is 1.81. The average molecular weight is 306 g/mol. The van der Waals surface area contributed by atoms with Crippen molar-refractivity contribution < 1.29 is 0 Å². The fourth-order valence-corrected chi connectivity index (χ4v) is 3.94. The van der Waals surface area contributed by atoms with Crippen molar-refractivity contribution >= 4 is 51.2 Å². The molecule has 0 bridgehead atoms. The monoisotopic (exact) mass is 305 g/mol.